The highest BCUT2D eigenvalue weighted by molar-refractivity contribution is 6.22. The standard InChI is InChI=1S/C25H18O9/c1-5-13-9-10-15(11-14(13)6-2)21(26)16-12-17(22(27)28)19(24(31)33-7-3)20(18(16)23(29)30)25(32)34-8-4/h5-12H,1-4H2,(H,27,28)(H,29,30). The zero-order valence-electron chi connectivity index (χ0n) is 17.7. The summed E-state index contributed by atoms with van der Waals surface area (Å²) in [6.07, 6.45) is 4.26. The van der Waals surface area contributed by atoms with Gasteiger partial charge in [-0.2, -0.15) is 0 Å². The van der Waals surface area contributed by atoms with E-state index in [2.05, 4.69) is 35.8 Å². The fraction of sp³-hybridized carbons (Fsp3) is 0. The second-order valence-electron chi connectivity index (χ2n) is 6.43. The molecule has 34 heavy (non-hydrogen) atoms. The Morgan fingerprint density at radius 3 is 1.71 bits per heavy atom. The number of ether oxygens (including phenoxy) is 2. The molecule has 0 saturated heterocycles. The van der Waals surface area contributed by atoms with E-state index in [0.29, 0.717) is 29.7 Å². The monoisotopic (exact) mass is 462 g/mol. The second-order valence-corrected chi connectivity index (χ2v) is 6.43. The molecule has 2 rings (SSSR count). The van der Waals surface area contributed by atoms with Crippen LogP contribution in [-0.2, 0) is 9.47 Å². The van der Waals surface area contributed by atoms with Crippen LogP contribution in [0, 0.1) is 0 Å². The molecule has 0 radical (unpaired) electrons. The van der Waals surface area contributed by atoms with Crippen LogP contribution in [0.2, 0.25) is 0 Å². The van der Waals surface area contributed by atoms with E-state index in [-0.39, 0.29) is 5.56 Å². The Labute approximate surface area is 193 Å². The van der Waals surface area contributed by atoms with Crippen LogP contribution in [0.1, 0.15) is 68.5 Å². The van der Waals surface area contributed by atoms with Crippen LogP contribution >= 0.6 is 0 Å². The van der Waals surface area contributed by atoms with Crippen molar-refractivity contribution in [1.29, 1.82) is 0 Å². The highest BCUT2D eigenvalue weighted by Crippen LogP contribution is 2.29. The van der Waals surface area contributed by atoms with Crippen molar-refractivity contribution in [1.82, 2.24) is 0 Å². The van der Waals surface area contributed by atoms with Crippen molar-refractivity contribution in [3.8, 4) is 0 Å². The number of carboxylic acid groups (broad SMARTS) is 2. The molecule has 0 saturated carbocycles. The third kappa shape index (κ3) is 4.73. The van der Waals surface area contributed by atoms with Crippen LogP contribution < -0.4 is 0 Å². The molecule has 172 valence electrons. The Morgan fingerprint density at radius 1 is 0.676 bits per heavy atom. The Hall–Kier alpha value is -5.05. The number of hydrogen-bond donors (Lipinski definition) is 2. The average Bonchev–Trinajstić information content (AvgIpc) is 2.81. The summed E-state index contributed by atoms with van der Waals surface area (Å²) in [4.78, 5) is 62.6. The molecule has 0 fully saturated rings. The molecular weight excluding hydrogens is 444 g/mol. The molecule has 2 aromatic rings. The lowest BCUT2D eigenvalue weighted by molar-refractivity contribution is 0.0595. The van der Waals surface area contributed by atoms with Crippen LogP contribution in [0.4, 0.5) is 0 Å². The number of benzene rings is 2. The Bertz CT molecular complexity index is 1280. The van der Waals surface area contributed by atoms with Crippen molar-refractivity contribution in [3.63, 3.8) is 0 Å². The minimum atomic E-state index is -1.80. The first-order chi connectivity index (χ1) is 16.1. The van der Waals surface area contributed by atoms with E-state index >= 15 is 0 Å². The predicted molar refractivity (Wildman–Crippen MR) is 122 cm³/mol. The first-order valence-corrected chi connectivity index (χ1v) is 9.37. The van der Waals surface area contributed by atoms with Gasteiger partial charge in [0.1, 0.15) is 0 Å². The van der Waals surface area contributed by atoms with Gasteiger partial charge in [0.15, 0.2) is 5.78 Å². The summed E-state index contributed by atoms with van der Waals surface area (Å²) in [5.74, 6) is -7.29. The Kier molecular flexibility index (Phi) is 7.79. The van der Waals surface area contributed by atoms with Crippen molar-refractivity contribution >= 4 is 41.8 Å². The Morgan fingerprint density at radius 2 is 1.24 bits per heavy atom. The lowest BCUT2D eigenvalue weighted by atomic mass is 9.87. The number of rotatable bonds is 10. The summed E-state index contributed by atoms with van der Waals surface area (Å²) in [5.41, 5.74) is -3.31. The normalized spacial score (nSPS) is 9.88. The summed E-state index contributed by atoms with van der Waals surface area (Å²) in [6.45, 7) is 13.6. The van der Waals surface area contributed by atoms with Gasteiger partial charge in [-0.1, -0.05) is 50.6 Å². The fourth-order valence-corrected chi connectivity index (χ4v) is 3.17. The van der Waals surface area contributed by atoms with Gasteiger partial charge in [0.25, 0.3) is 0 Å². The molecule has 9 nitrogen and oxygen atoms in total. The molecule has 0 heterocycles. The highest BCUT2D eigenvalue weighted by atomic mass is 16.5. The predicted octanol–water partition coefficient (Wildman–Crippen LogP) is 4.20. The molecule has 0 atom stereocenters. The first kappa shape index (κ1) is 25.2. The third-order valence-corrected chi connectivity index (χ3v) is 4.59. The van der Waals surface area contributed by atoms with Gasteiger partial charge in [-0.05, 0) is 23.3 Å². The molecule has 0 aliphatic heterocycles. The number of aromatic carboxylic acids is 2. The number of esters is 2. The molecule has 9 heteroatoms. The first-order valence-electron chi connectivity index (χ1n) is 9.37. The topological polar surface area (TPSA) is 144 Å². The maximum absolute atomic E-state index is 13.3. The summed E-state index contributed by atoms with van der Waals surface area (Å²) in [6, 6.07) is 4.96. The van der Waals surface area contributed by atoms with Gasteiger partial charge in [-0.15, -0.1) is 0 Å². The van der Waals surface area contributed by atoms with E-state index in [0.717, 1.165) is 0 Å². The highest BCUT2D eigenvalue weighted by Gasteiger charge is 2.36. The summed E-state index contributed by atoms with van der Waals surface area (Å²) in [5, 5.41) is 19.6. The molecule has 0 aromatic heterocycles. The largest absolute Gasteiger partial charge is 0.478 e. The number of carboxylic acids is 2. The van der Waals surface area contributed by atoms with E-state index in [1.807, 2.05) is 0 Å². The van der Waals surface area contributed by atoms with Crippen LogP contribution in [0.3, 0.4) is 0 Å². The molecular formula is C25H18O9. The lowest BCUT2D eigenvalue weighted by Gasteiger charge is -2.16. The molecule has 0 unspecified atom stereocenters. The van der Waals surface area contributed by atoms with Gasteiger partial charge in [0, 0.05) is 11.1 Å². The maximum atomic E-state index is 13.3. The van der Waals surface area contributed by atoms with Crippen molar-refractivity contribution in [2.45, 2.75) is 0 Å². The summed E-state index contributed by atoms with van der Waals surface area (Å²) >= 11 is 0. The fourth-order valence-electron chi connectivity index (χ4n) is 3.17. The van der Waals surface area contributed by atoms with Crippen molar-refractivity contribution < 1.29 is 43.7 Å². The second kappa shape index (κ2) is 10.5. The molecule has 2 aromatic carbocycles. The average molecular weight is 462 g/mol. The van der Waals surface area contributed by atoms with Gasteiger partial charge in [-0.3, -0.25) is 4.79 Å². The Balaban J connectivity index is 3.02. The number of carbonyl (C=O) groups is 5. The van der Waals surface area contributed by atoms with E-state index in [9.17, 15) is 34.2 Å². The molecule has 0 spiro atoms. The molecule has 0 amide bonds. The van der Waals surface area contributed by atoms with Crippen molar-refractivity contribution in [2.75, 3.05) is 0 Å². The molecule has 0 aliphatic rings. The molecule has 0 aliphatic carbocycles. The lowest BCUT2D eigenvalue weighted by Crippen LogP contribution is -2.24. The number of carbonyl (C=O) groups excluding carboxylic acids is 3. The van der Waals surface area contributed by atoms with Gasteiger partial charge in [0.2, 0.25) is 0 Å². The summed E-state index contributed by atoms with van der Waals surface area (Å²) < 4.78 is 9.22. The zero-order chi connectivity index (χ0) is 25.6. The minimum Gasteiger partial charge on any atom is -0.478 e. The van der Waals surface area contributed by atoms with Gasteiger partial charge in [-0.25, -0.2) is 19.2 Å². The van der Waals surface area contributed by atoms with E-state index in [4.69, 9.17) is 0 Å². The summed E-state index contributed by atoms with van der Waals surface area (Å²) in [7, 11) is 0. The maximum Gasteiger partial charge on any atom is 0.344 e. The van der Waals surface area contributed by atoms with E-state index < -0.39 is 57.5 Å². The quantitative estimate of drug-likeness (QED) is 0.301. The van der Waals surface area contributed by atoms with Gasteiger partial charge >= 0.3 is 23.9 Å². The van der Waals surface area contributed by atoms with Crippen LogP contribution in [0.15, 0.2) is 63.1 Å². The van der Waals surface area contributed by atoms with Gasteiger partial charge < -0.3 is 19.7 Å². The van der Waals surface area contributed by atoms with Crippen LogP contribution in [-0.4, -0.2) is 39.9 Å². The van der Waals surface area contributed by atoms with Crippen LogP contribution in [0.5, 0.6) is 0 Å². The van der Waals surface area contributed by atoms with Crippen molar-refractivity contribution in [3.05, 3.63) is 108 Å². The third-order valence-electron chi connectivity index (χ3n) is 4.59. The van der Waals surface area contributed by atoms with Gasteiger partial charge in [0.05, 0.1) is 34.8 Å². The SMILES string of the molecule is C=COC(=O)c1c(C(=O)O)cc(C(=O)c2ccc(C=C)c(C=C)c2)c(C(=O)O)c1C(=O)OC=C. The smallest absolute Gasteiger partial charge is 0.344 e. The van der Waals surface area contributed by atoms with E-state index in [1.54, 1.807) is 0 Å². The van der Waals surface area contributed by atoms with Crippen molar-refractivity contribution in [2.24, 2.45) is 0 Å². The van der Waals surface area contributed by atoms with E-state index in [1.165, 1.54) is 30.4 Å². The number of ketones is 1. The number of hydrogen-bond acceptors (Lipinski definition) is 7. The minimum absolute atomic E-state index is 0.0382. The zero-order valence-corrected chi connectivity index (χ0v) is 17.7. The molecule has 0 bridgehead atoms. The molecule has 2 N–H and O–H groups in total. The van der Waals surface area contributed by atoms with Crippen LogP contribution in [0.25, 0.3) is 12.2 Å².